The lowest BCUT2D eigenvalue weighted by molar-refractivity contribution is -0.133. The van der Waals surface area contributed by atoms with E-state index in [1.807, 2.05) is 12.1 Å². The fourth-order valence-corrected chi connectivity index (χ4v) is 4.27. The van der Waals surface area contributed by atoms with E-state index in [4.69, 9.17) is 4.52 Å². The second-order valence-electron chi connectivity index (χ2n) is 7.09. The smallest absolute Gasteiger partial charge is 0.227 e. The summed E-state index contributed by atoms with van der Waals surface area (Å²) < 4.78 is 5.31. The van der Waals surface area contributed by atoms with Crippen LogP contribution < -0.4 is 0 Å². The monoisotopic (exact) mass is 340 g/mol. The van der Waals surface area contributed by atoms with E-state index in [1.165, 1.54) is 32.1 Å². The Morgan fingerprint density at radius 1 is 1.16 bits per heavy atom. The van der Waals surface area contributed by atoms with Crippen molar-refractivity contribution in [2.75, 3.05) is 6.54 Å². The van der Waals surface area contributed by atoms with Gasteiger partial charge < -0.3 is 9.42 Å². The Kier molecular flexibility index (Phi) is 4.76. The van der Waals surface area contributed by atoms with Crippen LogP contribution in [0.3, 0.4) is 0 Å². The highest BCUT2D eigenvalue weighted by Crippen LogP contribution is 2.35. The average Bonchev–Trinajstić information content (AvgIpc) is 3.41. The molecule has 1 saturated heterocycles. The van der Waals surface area contributed by atoms with Gasteiger partial charge in [-0.05, 0) is 43.7 Å². The Bertz CT molecular complexity index is 709. The number of hydrogen-bond donors (Lipinski definition) is 0. The lowest BCUT2D eigenvalue weighted by Crippen LogP contribution is -2.39. The Balaban J connectivity index is 1.35. The first-order valence-corrected chi connectivity index (χ1v) is 9.34. The summed E-state index contributed by atoms with van der Waals surface area (Å²) in [5.74, 6) is 2.03. The zero-order valence-electron chi connectivity index (χ0n) is 14.4. The first-order chi connectivity index (χ1) is 12.3. The Hall–Kier alpha value is -2.24. The van der Waals surface area contributed by atoms with Crippen molar-refractivity contribution in [2.24, 2.45) is 5.92 Å². The van der Waals surface area contributed by atoms with Gasteiger partial charge in [-0.25, -0.2) is 0 Å². The van der Waals surface area contributed by atoms with Gasteiger partial charge in [0, 0.05) is 43.4 Å². The minimum absolute atomic E-state index is 0.234. The molecule has 1 aliphatic carbocycles. The molecule has 25 heavy (non-hydrogen) atoms. The largest absolute Gasteiger partial charge is 0.339 e. The van der Waals surface area contributed by atoms with Gasteiger partial charge in [0.15, 0.2) is 0 Å². The summed E-state index contributed by atoms with van der Waals surface area (Å²) in [6, 6.07) is 4.15. The SMILES string of the molecule is O=C(CCc1nc(-c2ccncc2)no1)N1CCCC1C1CCCC1. The Labute approximate surface area is 147 Å². The van der Waals surface area contributed by atoms with Gasteiger partial charge in [0.1, 0.15) is 0 Å². The molecule has 1 unspecified atom stereocenters. The van der Waals surface area contributed by atoms with Crippen LogP contribution >= 0.6 is 0 Å². The molecule has 2 aromatic rings. The standard InChI is InChI=1S/C19H24N4O2/c24-18(23-13-3-6-16(23)14-4-1-2-5-14)8-7-17-21-19(22-25-17)15-9-11-20-12-10-15/h9-12,14,16H,1-8,13H2. The van der Waals surface area contributed by atoms with Gasteiger partial charge in [0.2, 0.25) is 17.6 Å². The molecule has 3 heterocycles. The number of amides is 1. The van der Waals surface area contributed by atoms with E-state index in [0.29, 0.717) is 36.5 Å². The van der Waals surface area contributed by atoms with Crippen LogP contribution in [0.2, 0.25) is 0 Å². The van der Waals surface area contributed by atoms with E-state index in [-0.39, 0.29) is 5.91 Å². The number of aryl methyl sites for hydroxylation is 1. The molecular weight excluding hydrogens is 316 g/mol. The van der Waals surface area contributed by atoms with E-state index in [0.717, 1.165) is 18.5 Å². The van der Waals surface area contributed by atoms with E-state index >= 15 is 0 Å². The zero-order valence-corrected chi connectivity index (χ0v) is 14.4. The Morgan fingerprint density at radius 3 is 2.76 bits per heavy atom. The maximum absolute atomic E-state index is 12.7. The quantitative estimate of drug-likeness (QED) is 0.835. The van der Waals surface area contributed by atoms with Crippen molar-refractivity contribution >= 4 is 5.91 Å². The molecular formula is C19H24N4O2. The first kappa shape index (κ1) is 16.2. The molecule has 1 aliphatic heterocycles. The van der Waals surface area contributed by atoms with Crippen molar-refractivity contribution in [3.05, 3.63) is 30.4 Å². The van der Waals surface area contributed by atoms with Crippen molar-refractivity contribution in [1.29, 1.82) is 0 Å². The second kappa shape index (κ2) is 7.33. The van der Waals surface area contributed by atoms with E-state index in [9.17, 15) is 4.79 Å². The summed E-state index contributed by atoms with van der Waals surface area (Å²) >= 11 is 0. The van der Waals surface area contributed by atoms with Crippen LogP contribution in [0, 0.1) is 5.92 Å². The molecule has 0 spiro atoms. The first-order valence-electron chi connectivity index (χ1n) is 9.34. The molecule has 2 aliphatic rings. The summed E-state index contributed by atoms with van der Waals surface area (Å²) in [4.78, 5) is 23.2. The molecule has 2 aromatic heterocycles. The van der Waals surface area contributed by atoms with Crippen LogP contribution in [0.1, 0.15) is 50.8 Å². The number of nitrogens with zero attached hydrogens (tertiary/aromatic N) is 4. The highest BCUT2D eigenvalue weighted by molar-refractivity contribution is 5.77. The summed E-state index contributed by atoms with van der Waals surface area (Å²) in [6.07, 6.45) is 11.9. The average molecular weight is 340 g/mol. The summed E-state index contributed by atoms with van der Waals surface area (Å²) in [6.45, 7) is 0.909. The molecule has 0 radical (unpaired) electrons. The minimum Gasteiger partial charge on any atom is -0.339 e. The molecule has 1 saturated carbocycles. The Morgan fingerprint density at radius 2 is 1.96 bits per heavy atom. The number of carbonyl (C=O) groups excluding carboxylic acids is 1. The van der Waals surface area contributed by atoms with Crippen LogP contribution in [-0.4, -0.2) is 38.5 Å². The molecule has 4 rings (SSSR count). The van der Waals surface area contributed by atoms with E-state index < -0.39 is 0 Å². The van der Waals surface area contributed by atoms with Crippen molar-refractivity contribution in [2.45, 2.75) is 57.4 Å². The van der Waals surface area contributed by atoms with Crippen molar-refractivity contribution in [3.63, 3.8) is 0 Å². The number of carbonyl (C=O) groups is 1. The number of rotatable bonds is 5. The summed E-state index contributed by atoms with van der Waals surface area (Å²) in [5.41, 5.74) is 0.872. The second-order valence-corrected chi connectivity index (χ2v) is 7.09. The summed E-state index contributed by atoms with van der Waals surface area (Å²) in [5, 5.41) is 4.00. The molecule has 6 heteroatoms. The molecule has 0 aromatic carbocycles. The van der Waals surface area contributed by atoms with Gasteiger partial charge in [-0.15, -0.1) is 0 Å². The maximum atomic E-state index is 12.7. The fourth-order valence-electron chi connectivity index (χ4n) is 4.27. The van der Waals surface area contributed by atoms with E-state index in [1.54, 1.807) is 12.4 Å². The van der Waals surface area contributed by atoms with Crippen molar-refractivity contribution in [3.8, 4) is 11.4 Å². The predicted molar refractivity (Wildman–Crippen MR) is 92.5 cm³/mol. The third-order valence-corrected chi connectivity index (χ3v) is 5.52. The van der Waals surface area contributed by atoms with Crippen LogP contribution in [0.4, 0.5) is 0 Å². The maximum Gasteiger partial charge on any atom is 0.227 e. The zero-order chi connectivity index (χ0) is 17.1. The lowest BCUT2D eigenvalue weighted by atomic mass is 9.96. The molecule has 2 fully saturated rings. The van der Waals surface area contributed by atoms with Gasteiger partial charge >= 0.3 is 0 Å². The van der Waals surface area contributed by atoms with Crippen LogP contribution in [0.25, 0.3) is 11.4 Å². The third-order valence-electron chi connectivity index (χ3n) is 5.52. The van der Waals surface area contributed by atoms with E-state index in [2.05, 4.69) is 20.0 Å². The van der Waals surface area contributed by atoms with Crippen molar-refractivity contribution < 1.29 is 9.32 Å². The van der Waals surface area contributed by atoms with Gasteiger partial charge in [0.05, 0.1) is 0 Å². The van der Waals surface area contributed by atoms with Crippen LogP contribution in [-0.2, 0) is 11.2 Å². The van der Waals surface area contributed by atoms with Crippen LogP contribution in [0.5, 0.6) is 0 Å². The molecule has 0 N–H and O–H groups in total. The van der Waals surface area contributed by atoms with Gasteiger partial charge in [-0.1, -0.05) is 18.0 Å². The minimum atomic E-state index is 0.234. The van der Waals surface area contributed by atoms with Gasteiger partial charge in [0.25, 0.3) is 0 Å². The predicted octanol–water partition coefficient (Wildman–Crippen LogP) is 3.25. The summed E-state index contributed by atoms with van der Waals surface area (Å²) in [7, 11) is 0. The number of aromatic nitrogens is 3. The van der Waals surface area contributed by atoms with Gasteiger partial charge in [-0.3, -0.25) is 9.78 Å². The van der Waals surface area contributed by atoms with Crippen molar-refractivity contribution in [1.82, 2.24) is 20.0 Å². The van der Waals surface area contributed by atoms with Crippen LogP contribution in [0.15, 0.2) is 29.0 Å². The third kappa shape index (κ3) is 3.57. The fraction of sp³-hybridized carbons (Fsp3) is 0.579. The molecule has 1 atom stereocenters. The molecule has 6 nitrogen and oxygen atoms in total. The number of likely N-dealkylation sites (tertiary alicyclic amines) is 1. The molecule has 132 valence electrons. The normalized spacial score (nSPS) is 21.1. The molecule has 0 bridgehead atoms. The molecule has 1 amide bonds. The highest BCUT2D eigenvalue weighted by atomic mass is 16.5. The van der Waals surface area contributed by atoms with Gasteiger partial charge in [-0.2, -0.15) is 4.98 Å². The number of hydrogen-bond acceptors (Lipinski definition) is 5. The lowest BCUT2D eigenvalue weighted by Gasteiger charge is -2.29. The topological polar surface area (TPSA) is 72.1 Å². The highest BCUT2D eigenvalue weighted by Gasteiger charge is 2.35. The number of pyridine rings is 1.